The quantitative estimate of drug-likeness (QED) is 0.444. The van der Waals surface area contributed by atoms with Gasteiger partial charge in [0.05, 0.1) is 15.8 Å². The molecule has 1 aromatic heterocycles. The molecule has 3 nitrogen and oxygen atoms in total. The van der Waals surface area contributed by atoms with Gasteiger partial charge in [-0.05, 0) is 54.6 Å². The van der Waals surface area contributed by atoms with Crippen LogP contribution >= 0.6 is 11.3 Å². The summed E-state index contributed by atoms with van der Waals surface area (Å²) in [5, 5.41) is 3.48. The molecule has 3 aromatic carbocycles. The van der Waals surface area contributed by atoms with Crippen LogP contribution in [-0.2, 0) is 6.18 Å². The van der Waals surface area contributed by atoms with E-state index in [9.17, 15) is 18.0 Å². The van der Waals surface area contributed by atoms with Gasteiger partial charge < -0.3 is 5.32 Å². The Kier molecular flexibility index (Phi) is 4.60. The summed E-state index contributed by atoms with van der Waals surface area (Å²) in [6.45, 7) is 0. The van der Waals surface area contributed by atoms with Gasteiger partial charge in [0.15, 0.2) is 0 Å². The van der Waals surface area contributed by atoms with Gasteiger partial charge in [-0.25, -0.2) is 4.98 Å². The van der Waals surface area contributed by atoms with Crippen molar-refractivity contribution < 1.29 is 18.0 Å². The molecule has 4 aromatic rings. The molecular weight excluding hydrogens is 385 g/mol. The number of anilines is 1. The smallest absolute Gasteiger partial charge is 0.322 e. The number of benzene rings is 3. The van der Waals surface area contributed by atoms with Crippen LogP contribution in [0.3, 0.4) is 0 Å². The maximum absolute atomic E-state index is 12.8. The number of nitrogens with one attached hydrogen (secondary N) is 1. The van der Waals surface area contributed by atoms with Gasteiger partial charge in [0, 0.05) is 16.8 Å². The minimum Gasteiger partial charge on any atom is -0.322 e. The highest BCUT2D eigenvalue weighted by molar-refractivity contribution is 7.21. The van der Waals surface area contributed by atoms with Gasteiger partial charge in [0.2, 0.25) is 0 Å². The molecule has 140 valence electrons. The monoisotopic (exact) mass is 398 g/mol. The van der Waals surface area contributed by atoms with Crippen molar-refractivity contribution in [2.24, 2.45) is 0 Å². The summed E-state index contributed by atoms with van der Waals surface area (Å²) < 4.78 is 39.5. The molecule has 0 unspecified atom stereocenters. The van der Waals surface area contributed by atoms with E-state index in [-0.39, 0.29) is 5.56 Å². The Hall–Kier alpha value is -3.19. The summed E-state index contributed by atoms with van der Waals surface area (Å²) in [6.07, 6.45) is -4.49. The SMILES string of the molecule is O=C(Nc1ccc(-c2nc3ccccc3s2)cc1)c1cccc(C(F)(F)F)c1. The first-order chi connectivity index (χ1) is 13.4. The van der Waals surface area contributed by atoms with Crippen molar-refractivity contribution in [3.05, 3.63) is 83.9 Å². The second-order valence-electron chi connectivity index (χ2n) is 6.10. The van der Waals surface area contributed by atoms with E-state index in [1.54, 1.807) is 23.5 Å². The number of hydrogen-bond acceptors (Lipinski definition) is 3. The second kappa shape index (κ2) is 7.09. The minimum atomic E-state index is -4.49. The molecule has 4 rings (SSSR count). The second-order valence-corrected chi connectivity index (χ2v) is 7.13. The van der Waals surface area contributed by atoms with E-state index in [1.807, 2.05) is 36.4 Å². The van der Waals surface area contributed by atoms with Crippen molar-refractivity contribution in [2.45, 2.75) is 6.18 Å². The number of amides is 1. The van der Waals surface area contributed by atoms with Gasteiger partial charge in [0.25, 0.3) is 5.91 Å². The van der Waals surface area contributed by atoms with E-state index in [1.165, 1.54) is 12.1 Å². The van der Waals surface area contributed by atoms with E-state index in [2.05, 4.69) is 10.3 Å². The number of nitrogens with zero attached hydrogens (tertiary/aromatic N) is 1. The standard InChI is InChI=1S/C21H13F3N2OS/c22-21(23,24)15-5-3-4-14(12-15)19(27)25-16-10-8-13(9-11-16)20-26-17-6-1-2-7-18(17)28-20/h1-12H,(H,25,27). The molecule has 0 aliphatic rings. The van der Waals surface area contributed by atoms with Crippen LogP contribution in [0.4, 0.5) is 18.9 Å². The van der Waals surface area contributed by atoms with Gasteiger partial charge in [-0.3, -0.25) is 4.79 Å². The zero-order chi connectivity index (χ0) is 19.7. The molecule has 1 amide bonds. The predicted octanol–water partition coefficient (Wildman–Crippen LogP) is 6.23. The molecule has 7 heteroatoms. The molecule has 0 spiro atoms. The van der Waals surface area contributed by atoms with Gasteiger partial charge in [-0.1, -0.05) is 18.2 Å². The summed E-state index contributed by atoms with van der Waals surface area (Å²) in [4.78, 5) is 16.9. The van der Waals surface area contributed by atoms with E-state index in [4.69, 9.17) is 0 Å². The first-order valence-corrected chi connectivity index (χ1v) is 9.16. The van der Waals surface area contributed by atoms with Crippen LogP contribution in [0.1, 0.15) is 15.9 Å². The Balaban J connectivity index is 1.52. The highest BCUT2D eigenvalue weighted by Gasteiger charge is 2.30. The third kappa shape index (κ3) is 3.75. The molecular formula is C21H13F3N2OS. The number of alkyl halides is 3. The molecule has 1 heterocycles. The molecule has 0 bridgehead atoms. The van der Waals surface area contributed by atoms with Crippen LogP contribution in [0.25, 0.3) is 20.8 Å². The fourth-order valence-corrected chi connectivity index (χ4v) is 3.70. The number of hydrogen-bond donors (Lipinski definition) is 1. The molecule has 0 saturated heterocycles. The maximum Gasteiger partial charge on any atom is 0.416 e. The number of carbonyl (C=O) groups is 1. The van der Waals surface area contributed by atoms with Crippen LogP contribution < -0.4 is 5.32 Å². The zero-order valence-corrected chi connectivity index (χ0v) is 15.1. The molecule has 0 atom stereocenters. The van der Waals surface area contributed by atoms with Crippen molar-refractivity contribution in [2.75, 3.05) is 5.32 Å². The lowest BCUT2D eigenvalue weighted by molar-refractivity contribution is -0.137. The van der Waals surface area contributed by atoms with Crippen LogP contribution in [0.5, 0.6) is 0 Å². The van der Waals surface area contributed by atoms with Gasteiger partial charge in [-0.2, -0.15) is 13.2 Å². The topological polar surface area (TPSA) is 42.0 Å². The molecule has 1 N–H and O–H groups in total. The Morgan fingerprint density at radius 2 is 1.68 bits per heavy atom. The number of carbonyl (C=O) groups excluding carboxylic acids is 1. The predicted molar refractivity (Wildman–Crippen MR) is 104 cm³/mol. The van der Waals surface area contributed by atoms with Gasteiger partial charge in [-0.15, -0.1) is 11.3 Å². The summed E-state index contributed by atoms with van der Waals surface area (Å²) in [5.74, 6) is -0.598. The van der Waals surface area contributed by atoms with Crippen molar-refractivity contribution in [1.82, 2.24) is 4.98 Å². The largest absolute Gasteiger partial charge is 0.416 e. The molecule has 0 aliphatic carbocycles. The number of fused-ring (bicyclic) bond motifs is 1. The van der Waals surface area contributed by atoms with E-state index < -0.39 is 17.6 Å². The van der Waals surface area contributed by atoms with Crippen molar-refractivity contribution >= 4 is 33.1 Å². The summed E-state index contributed by atoms with van der Waals surface area (Å²) in [6, 6.07) is 19.2. The van der Waals surface area contributed by atoms with Crippen LogP contribution in [-0.4, -0.2) is 10.9 Å². The summed E-state index contributed by atoms with van der Waals surface area (Å²) in [5.41, 5.74) is 1.41. The maximum atomic E-state index is 12.8. The highest BCUT2D eigenvalue weighted by atomic mass is 32.1. The molecule has 0 saturated carbocycles. The van der Waals surface area contributed by atoms with Crippen LogP contribution in [0, 0.1) is 0 Å². The normalized spacial score (nSPS) is 11.5. The Labute approximate surface area is 162 Å². The fraction of sp³-hybridized carbons (Fsp3) is 0.0476. The lowest BCUT2D eigenvalue weighted by Crippen LogP contribution is -2.13. The molecule has 0 radical (unpaired) electrons. The van der Waals surface area contributed by atoms with Gasteiger partial charge in [0.1, 0.15) is 5.01 Å². The Bertz CT molecular complexity index is 1120. The minimum absolute atomic E-state index is 0.0509. The number of rotatable bonds is 3. The van der Waals surface area contributed by atoms with E-state index >= 15 is 0 Å². The van der Waals surface area contributed by atoms with Crippen LogP contribution in [0.2, 0.25) is 0 Å². The van der Waals surface area contributed by atoms with E-state index in [0.717, 1.165) is 32.9 Å². The number of aromatic nitrogens is 1. The Morgan fingerprint density at radius 1 is 0.929 bits per heavy atom. The summed E-state index contributed by atoms with van der Waals surface area (Å²) in [7, 11) is 0. The van der Waals surface area contributed by atoms with E-state index in [0.29, 0.717) is 5.69 Å². The third-order valence-electron chi connectivity index (χ3n) is 4.14. The average molecular weight is 398 g/mol. The van der Waals surface area contributed by atoms with Gasteiger partial charge >= 0.3 is 6.18 Å². The number of halogens is 3. The molecule has 0 aliphatic heterocycles. The lowest BCUT2D eigenvalue weighted by atomic mass is 10.1. The van der Waals surface area contributed by atoms with Crippen molar-refractivity contribution in [1.29, 1.82) is 0 Å². The zero-order valence-electron chi connectivity index (χ0n) is 14.3. The van der Waals surface area contributed by atoms with Crippen LogP contribution in [0.15, 0.2) is 72.8 Å². The highest BCUT2D eigenvalue weighted by Crippen LogP contribution is 2.31. The third-order valence-corrected chi connectivity index (χ3v) is 5.22. The van der Waals surface area contributed by atoms with Crippen molar-refractivity contribution in [3.8, 4) is 10.6 Å². The first kappa shape index (κ1) is 18.2. The van der Waals surface area contributed by atoms with Crippen molar-refractivity contribution in [3.63, 3.8) is 0 Å². The Morgan fingerprint density at radius 3 is 2.39 bits per heavy atom. The number of thiazole rings is 1. The first-order valence-electron chi connectivity index (χ1n) is 8.35. The summed E-state index contributed by atoms with van der Waals surface area (Å²) >= 11 is 1.57. The number of para-hydroxylation sites is 1. The average Bonchev–Trinajstić information content (AvgIpc) is 3.12. The lowest BCUT2D eigenvalue weighted by Gasteiger charge is -2.09. The molecule has 0 fully saturated rings. The molecule has 28 heavy (non-hydrogen) atoms. The fourth-order valence-electron chi connectivity index (χ4n) is 2.73.